The first-order valence-electron chi connectivity index (χ1n) is 4.90. The maximum absolute atomic E-state index is 11.4. The first kappa shape index (κ1) is 9.01. The SMILES string of the molecule is N#Cc1ccc(=O)n(CCC2CC2)c1. The van der Waals surface area contributed by atoms with Gasteiger partial charge in [-0.05, 0) is 18.4 Å². The normalized spacial score (nSPS) is 15.1. The topological polar surface area (TPSA) is 45.8 Å². The molecule has 0 atom stereocenters. The van der Waals surface area contributed by atoms with Crippen molar-refractivity contribution in [2.45, 2.75) is 25.8 Å². The lowest BCUT2D eigenvalue weighted by Crippen LogP contribution is -2.18. The summed E-state index contributed by atoms with van der Waals surface area (Å²) in [4.78, 5) is 11.4. The zero-order chi connectivity index (χ0) is 9.97. The molecule has 72 valence electrons. The fourth-order valence-corrected chi connectivity index (χ4v) is 1.50. The highest BCUT2D eigenvalue weighted by Crippen LogP contribution is 2.32. The molecule has 3 nitrogen and oxygen atoms in total. The Balaban J connectivity index is 2.13. The lowest BCUT2D eigenvalue weighted by atomic mass is 10.2. The van der Waals surface area contributed by atoms with E-state index in [1.54, 1.807) is 16.8 Å². The number of aryl methyl sites for hydroxylation is 1. The fraction of sp³-hybridized carbons (Fsp3) is 0.455. The van der Waals surface area contributed by atoms with E-state index in [2.05, 4.69) is 0 Å². The van der Waals surface area contributed by atoms with Gasteiger partial charge >= 0.3 is 0 Å². The van der Waals surface area contributed by atoms with Crippen LogP contribution in [0, 0.1) is 17.2 Å². The molecule has 0 saturated heterocycles. The minimum absolute atomic E-state index is 0.00958. The molecule has 1 fully saturated rings. The summed E-state index contributed by atoms with van der Waals surface area (Å²) >= 11 is 0. The van der Waals surface area contributed by atoms with Gasteiger partial charge in [-0.15, -0.1) is 0 Å². The Hall–Kier alpha value is -1.56. The molecule has 2 rings (SSSR count). The maximum Gasteiger partial charge on any atom is 0.250 e. The molecule has 0 aliphatic heterocycles. The summed E-state index contributed by atoms with van der Waals surface area (Å²) in [5, 5.41) is 8.68. The second kappa shape index (κ2) is 3.67. The monoisotopic (exact) mass is 188 g/mol. The molecule has 0 bridgehead atoms. The molecule has 0 aromatic carbocycles. The third-order valence-corrected chi connectivity index (χ3v) is 2.59. The molecule has 1 aromatic heterocycles. The molecule has 1 aliphatic rings. The summed E-state index contributed by atoms with van der Waals surface area (Å²) in [5.74, 6) is 0.813. The minimum atomic E-state index is -0.00958. The van der Waals surface area contributed by atoms with Crippen LogP contribution in [0.15, 0.2) is 23.1 Å². The molecule has 0 amide bonds. The van der Waals surface area contributed by atoms with Gasteiger partial charge in [-0.25, -0.2) is 0 Å². The van der Waals surface area contributed by atoms with Gasteiger partial charge in [0.1, 0.15) is 6.07 Å². The van der Waals surface area contributed by atoms with Crippen molar-refractivity contribution >= 4 is 0 Å². The number of hydrogen-bond donors (Lipinski definition) is 0. The van der Waals surface area contributed by atoms with Crippen molar-refractivity contribution in [3.05, 3.63) is 34.2 Å². The Bertz CT molecular complexity index is 424. The van der Waals surface area contributed by atoms with Gasteiger partial charge in [-0.2, -0.15) is 5.26 Å². The third-order valence-electron chi connectivity index (χ3n) is 2.59. The van der Waals surface area contributed by atoms with Gasteiger partial charge in [0.25, 0.3) is 5.56 Å². The van der Waals surface area contributed by atoms with Crippen molar-refractivity contribution in [2.75, 3.05) is 0 Å². The van der Waals surface area contributed by atoms with Gasteiger partial charge in [-0.1, -0.05) is 12.8 Å². The molecule has 14 heavy (non-hydrogen) atoms. The highest BCUT2D eigenvalue weighted by atomic mass is 16.1. The highest BCUT2D eigenvalue weighted by molar-refractivity contribution is 5.24. The summed E-state index contributed by atoms with van der Waals surface area (Å²) in [7, 11) is 0. The Morgan fingerprint density at radius 1 is 1.50 bits per heavy atom. The summed E-state index contributed by atoms with van der Waals surface area (Å²) in [6.07, 6.45) is 5.30. The third kappa shape index (κ3) is 2.02. The van der Waals surface area contributed by atoms with Crippen molar-refractivity contribution in [1.29, 1.82) is 5.26 Å². The molecule has 1 aromatic rings. The van der Waals surface area contributed by atoms with Gasteiger partial charge in [0, 0.05) is 18.8 Å². The fourth-order valence-electron chi connectivity index (χ4n) is 1.50. The molecule has 0 spiro atoms. The maximum atomic E-state index is 11.4. The van der Waals surface area contributed by atoms with E-state index in [0.717, 1.165) is 18.9 Å². The van der Waals surface area contributed by atoms with Gasteiger partial charge in [-0.3, -0.25) is 4.79 Å². The Morgan fingerprint density at radius 2 is 2.29 bits per heavy atom. The van der Waals surface area contributed by atoms with E-state index < -0.39 is 0 Å². The second-order valence-corrected chi connectivity index (χ2v) is 3.79. The molecular formula is C11H12N2O. The van der Waals surface area contributed by atoms with Crippen molar-refractivity contribution in [1.82, 2.24) is 4.57 Å². The predicted octanol–water partition coefficient (Wildman–Crippen LogP) is 1.52. The number of nitriles is 1. The number of aromatic nitrogens is 1. The Morgan fingerprint density at radius 3 is 2.93 bits per heavy atom. The molecule has 1 saturated carbocycles. The van der Waals surface area contributed by atoms with E-state index in [0.29, 0.717) is 5.56 Å². The van der Waals surface area contributed by atoms with E-state index in [1.165, 1.54) is 18.9 Å². The number of pyridine rings is 1. The molecule has 0 N–H and O–H groups in total. The van der Waals surface area contributed by atoms with Gasteiger partial charge in [0.15, 0.2) is 0 Å². The molecule has 1 heterocycles. The predicted molar refractivity (Wildman–Crippen MR) is 52.8 cm³/mol. The lowest BCUT2D eigenvalue weighted by Gasteiger charge is -2.03. The van der Waals surface area contributed by atoms with Crippen LogP contribution in [0.2, 0.25) is 0 Å². The van der Waals surface area contributed by atoms with E-state index in [9.17, 15) is 4.79 Å². The van der Waals surface area contributed by atoms with Crippen molar-refractivity contribution in [3.8, 4) is 6.07 Å². The molecule has 3 heteroatoms. The molecule has 1 aliphatic carbocycles. The van der Waals surface area contributed by atoms with Crippen LogP contribution in [0.1, 0.15) is 24.8 Å². The van der Waals surface area contributed by atoms with Crippen molar-refractivity contribution in [2.24, 2.45) is 5.92 Å². The Kier molecular flexibility index (Phi) is 2.36. The molecular weight excluding hydrogens is 176 g/mol. The standard InChI is InChI=1S/C11H12N2O/c12-7-10-3-4-11(14)13(8-10)6-5-9-1-2-9/h3-4,8-9H,1-2,5-6H2. The summed E-state index contributed by atoms with van der Waals surface area (Å²) < 4.78 is 1.64. The van der Waals surface area contributed by atoms with Crippen molar-refractivity contribution < 1.29 is 0 Å². The zero-order valence-electron chi connectivity index (χ0n) is 7.94. The van der Waals surface area contributed by atoms with E-state index in [4.69, 9.17) is 5.26 Å². The number of nitrogens with zero attached hydrogens (tertiary/aromatic N) is 2. The van der Waals surface area contributed by atoms with E-state index in [1.807, 2.05) is 6.07 Å². The highest BCUT2D eigenvalue weighted by Gasteiger charge is 2.20. The molecule has 0 unspecified atom stereocenters. The molecule has 0 radical (unpaired) electrons. The summed E-state index contributed by atoms with van der Waals surface area (Å²) in [5.41, 5.74) is 0.546. The number of hydrogen-bond acceptors (Lipinski definition) is 2. The largest absolute Gasteiger partial charge is 0.314 e. The summed E-state index contributed by atoms with van der Waals surface area (Å²) in [6, 6.07) is 5.07. The number of rotatable bonds is 3. The van der Waals surface area contributed by atoms with Crippen LogP contribution in [0.5, 0.6) is 0 Å². The second-order valence-electron chi connectivity index (χ2n) is 3.79. The van der Waals surface area contributed by atoms with Gasteiger partial charge < -0.3 is 4.57 Å². The van der Waals surface area contributed by atoms with Crippen molar-refractivity contribution in [3.63, 3.8) is 0 Å². The van der Waals surface area contributed by atoms with Crippen LogP contribution >= 0.6 is 0 Å². The van der Waals surface area contributed by atoms with Crippen LogP contribution in [-0.2, 0) is 6.54 Å². The van der Waals surface area contributed by atoms with Gasteiger partial charge in [0.05, 0.1) is 5.56 Å². The lowest BCUT2D eigenvalue weighted by molar-refractivity contribution is 0.581. The summed E-state index contributed by atoms with van der Waals surface area (Å²) in [6.45, 7) is 0.749. The quantitative estimate of drug-likeness (QED) is 0.722. The smallest absolute Gasteiger partial charge is 0.250 e. The average Bonchev–Trinajstić information content (AvgIpc) is 3.00. The van der Waals surface area contributed by atoms with Crippen LogP contribution in [0.3, 0.4) is 0 Å². The van der Waals surface area contributed by atoms with Gasteiger partial charge in [0.2, 0.25) is 0 Å². The minimum Gasteiger partial charge on any atom is -0.314 e. The van der Waals surface area contributed by atoms with E-state index >= 15 is 0 Å². The van der Waals surface area contributed by atoms with Crippen LogP contribution < -0.4 is 5.56 Å². The first-order chi connectivity index (χ1) is 6.79. The first-order valence-corrected chi connectivity index (χ1v) is 4.90. The van der Waals surface area contributed by atoms with E-state index in [-0.39, 0.29) is 5.56 Å². The zero-order valence-corrected chi connectivity index (χ0v) is 7.94. The van der Waals surface area contributed by atoms with Crippen LogP contribution in [0.25, 0.3) is 0 Å². The Labute approximate surface area is 82.6 Å². The van der Waals surface area contributed by atoms with Crippen LogP contribution in [0.4, 0.5) is 0 Å². The van der Waals surface area contributed by atoms with Crippen LogP contribution in [-0.4, -0.2) is 4.57 Å². The average molecular weight is 188 g/mol.